The van der Waals surface area contributed by atoms with Gasteiger partial charge in [0.15, 0.2) is 0 Å². The predicted molar refractivity (Wildman–Crippen MR) is 202 cm³/mol. The van der Waals surface area contributed by atoms with Gasteiger partial charge in [0.1, 0.15) is 0 Å². The highest BCUT2D eigenvalue weighted by molar-refractivity contribution is 5.98. The zero-order chi connectivity index (χ0) is 32.5. The van der Waals surface area contributed by atoms with Gasteiger partial charge in [-0.1, -0.05) is 120 Å². The lowest BCUT2D eigenvalue weighted by atomic mass is 9.74. The van der Waals surface area contributed by atoms with Crippen LogP contribution < -0.4 is 0 Å². The predicted octanol–water partition coefficient (Wildman–Crippen LogP) is 13.3. The molecule has 2 aromatic carbocycles. The lowest BCUT2D eigenvalue weighted by molar-refractivity contribution is 0.704. The first-order valence-electron chi connectivity index (χ1n) is 17.2. The highest BCUT2D eigenvalue weighted by Crippen LogP contribution is 2.43. The number of nitrogens with zero attached hydrogens (tertiary/aromatic N) is 1. The Morgan fingerprint density at radius 1 is 0.911 bits per heavy atom. The quantitative estimate of drug-likeness (QED) is 0.267. The SMILES string of the molecule is C=Cc1c(/C=C\C)n(-c2ccccc2)c2ccc(C3=C(C)C(C4=CCCC(C5=CCC(C)C=C5)=C4C)CC=C3)cc12.CC.CC. The molecule has 0 saturated carbocycles. The number of hydrogen-bond acceptors (Lipinski definition) is 0. The number of rotatable bonds is 6. The van der Waals surface area contributed by atoms with Gasteiger partial charge in [-0.3, -0.25) is 0 Å². The van der Waals surface area contributed by atoms with Gasteiger partial charge in [-0.05, 0) is 116 Å². The Balaban J connectivity index is 0.00000111. The van der Waals surface area contributed by atoms with Crippen LogP contribution in [0, 0.1) is 11.8 Å². The van der Waals surface area contributed by atoms with Crippen LogP contribution in [0.3, 0.4) is 0 Å². The van der Waals surface area contributed by atoms with Crippen LogP contribution in [0.4, 0.5) is 0 Å². The molecule has 3 aliphatic rings. The van der Waals surface area contributed by atoms with Gasteiger partial charge in [0.05, 0.1) is 11.2 Å². The van der Waals surface area contributed by atoms with E-state index in [1.54, 1.807) is 5.57 Å². The van der Waals surface area contributed by atoms with Crippen molar-refractivity contribution in [3.05, 3.63) is 142 Å². The van der Waals surface area contributed by atoms with E-state index in [9.17, 15) is 0 Å². The molecule has 2 unspecified atom stereocenters. The summed E-state index contributed by atoms with van der Waals surface area (Å²) in [6, 6.07) is 17.6. The number of hydrogen-bond donors (Lipinski definition) is 0. The molecule has 1 heterocycles. The molecule has 0 spiro atoms. The maximum Gasteiger partial charge on any atom is 0.0541 e. The second kappa shape index (κ2) is 15.8. The normalized spacial score (nSPS) is 19.6. The molecule has 3 aliphatic carbocycles. The Morgan fingerprint density at radius 2 is 1.67 bits per heavy atom. The number of benzene rings is 2. The van der Waals surface area contributed by atoms with Crippen molar-refractivity contribution < 1.29 is 0 Å². The van der Waals surface area contributed by atoms with Crippen molar-refractivity contribution in [1.29, 1.82) is 0 Å². The Labute approximate surface area is 273 Å². The van der Waals surface area contributed by atoms with E-state index in [0.29, 0.717) is 11.8 Å². The molecule has 0 saturated heterocycles. The lowest BCUT2D eigenvalue weighted by Crippen LogP contribution is -2.14. The summed E-state index contributed by atoms with van der Waals surface area (Å²) >= 11 is 0. The highest BCUT2D eigenvalue weighted by atomic mass is 15.0. The number of fused-ring (bicyclic) bond motifs is 1. The van der Waals surface area contributed by atoms with E-state index in [1.165, 1.54) is 61.3 Å². The summed E-state index contributed by atoms with van der Waals surface area (Å²) < 4.78 is 2.36. The standard InChI is InChI=1S/C40H41N.2C2H6/c1-6-13-39-33(7-2)38-26-31(24-25-40(38)41(39)32-14-9-8-10-15-32)35-17-12-19-37(29(35)5)36-18-11-16-34(28(36)4)30-22-20-27(3)21-23-30;2*1-2/h6-10,12-15,17-18,20,22-27,37H,2,11,16,19,21H2,1,3-5H3;2*1-2H3/b13-6-;;. The van der Waals surface area contributed by atoms with E-state index in [1.807, 2.05) is 33.8 Å². The third-order valence-corrected chi connectivity index (χ3v) is 9.18. The van der Waals surface area contributed by atoms with Gasteiger partial charge in [-0.2, -0.15) is 0 Å². The van der Waals surface area contributed by atoms with Crippen molar-refractivity contribution in [2.45, 2.75) is 81.1 Å². The summed E-state index contributed by atoms with van der Waals surface area (Å²) in [7, 11) is 0. The number of aromatic nitrogens is 1. The largest absolute Gasteiger partial charge is 0.309 e. The van der Waals surface area contributed by atoms with Crippen molar-refractivity contribution in [3.8, 4) is 5.69 Å². The molecule has 0 fully saturated rings. The van der Waals surface area contributed by atoms with Crippen LogP contribution >= 0.6 is 0 Å². The van der Waals surface area contributed by atoms with Crippen LogP contribution in [-0.4, -0.2) is 4.57 Å². The lowest BCUT2D eigenvalue weighted by Gasteiger charge is -2.31. The highest BCUT2D eigenvalue weighted by Gasteiger charge is 2.26. The van der Waals surface area contributed by atoms with Crippen molar-refractivity contribution in [1.82, 2.24) is 4.57 Å². The van der Waals surface area contributed by atoms with Crippen molar-refractivity contribution in [2.24, 2.45) is 11.8 Å². The molecule has 45 heavy (non-hydrogen) atoms. The average Bonchev–Trinajstić information content (AvgIpc) is 3.40. The van der Waals surface area contributed by atoms with E-state index in [2.05, 4.69) is 136 Å². The molecule has 3 aromatic rings. The summed E-state index contributed by atoms with van der Waals surface area (Å²) in [5, 5.41) is 1.24. The van der Waals surface area contributed by atoms with Crippen LogP contribution in [0.2, 0.25) is 0 Å². The van der Waals surface area contributed by atoms with Crippen LogP contribution in [0.25, 0.3) is 34.3 Å². The molecule has 1 heteroatoms. The van der Waals surface area contributed by atoms with Crippen LogP contribution in [0.1, 0.15) is 97.9 Å². The molecule has 0 amide bonds. The molecule has 0 radical (unpaired) electrons. The van der Waals surface area contributed by atoms with E-state index in [0.717, 1.165) is 25.7 Å². The molecule has 2 atom stereocenters. The molecule has 1 nitrogen and oxygen atoms in total. The second-order valence-corrected chi connectivity index (χ2v) is 11.7. The zero-order valence-corrected chi connectivity index (χ0v) is 29.0. The minimum atomic E-state index is 0.416. The Morgan fingerprint density at radius 3 is 2.33 bits per heavy atom. The van der Waals surface area contributed by atoms with Gasteiger partial charge >= 0.3 is 0 Å². The van der Waals surface area contributed by atoms with Crippen LogP contribution in [-0.2, 0) is 0 Å². The molecule has 0 bridgehead atoms. The third-order valence-electron chi connectivity index (χ3n) is 9.18. The number of allylic oxidation sites excluding steroid dienone is 13. The first-order valence-corrected chi connectivity index (χ1v) is 17.2. The Bertz CT molecular complexity index is 1720. The fourth-order valence-corrected chi connectivity index (χ4v) is 7.00. The topological polar surface area (TPSA) is 4.93 Å². The van der Waals surface area contributed by atoms with Gasteiger partial charge in [-0.25, -0.2) is 0 Å². The molecular formula is C44H53N. The first-order chi connectivity index (χ1) is 22.0. The smallest absolute Gasteiger partial charge is 0.0541 e. The molecule has 6 rings (SSSR count). The summed E-state index contributed by atoms with van der Waals surface area (Å²) in [6.07, 6.45) is 25.2. The maximum atomic E-state index is 4.22. The molecule has 0 aliphatic heterocycles. The molecule has 0 N–H and O–H groups in total. The molecule has 234 valence electrons. The van der Waals surface area contributed by atoms with E-state index in [-0.39, 0.29) is 0 Å². The van der Waals surface area contributed by atoms with E-state index >= 15 is 0 Å². The van der Waals surface area contributed by atoms with Gasteiger partial charge in [0.25, 0.3) is 0 Å². The van der Waals surface area contributed by atoms with Crippen molar-refractivity contribution in [3.63, 3.8) is 0 Å². The second-order valence-electron chi connectivity index (χ2n) is 11.7. The van der Waals surface area contributed by atoms with Crippen molar-refractivity contribution >= 4 is 28.6 Å². The van der Waals surface area contributed by atoms with E-state index in [4.69, 9.17) is 0 Å². The maximum absolute atomic E-state index is 4.22. The molecule has 1 aromatic heterocycles. The summed E-state index contributed by atoms with van der Waals surface area (Å²) in [5.41, 5.74) is 14.8. The van der Waals surface area contributed by atoms with Crippen molar-refractivity contribution in [2.75, 3.05) is 0 Å². The van der Waals surface area contributed by atoms with E-state index < -0.39 is 0 Å². The summed E-state index contributed by atoms with van der Waals surface area (Å²) in [6.45, 7) is 21.3. The van der Waals surface area contributed by atoms with Gasteiger partial charge < -0.3 is 4.57 Å². The van der Waals surface area contributed by atoms with Gasteiger partial charge in [0.2, 0.25) is 0 Å². The average molecular weight is 596 g/mol. The minimum Gasteiger partial charge on any atom is -0.309 e. The summed E-state index contributed by atoms with van der Waals surface area (Å²) in [5.74, 6) is 1.06. The van der Waals surface area contributed by atoms with Crippen LogP contribution in [0.5, 0.6) is 0 Å². The number of para-hydroxylation sites is 1. The Hall–Kier alpha value is -4.10. The fraction of sp³-hybridized carbons (Fsp3) is 0.318. The van der Waals surface area contributed by atoms with Gasteiger partial charge in [-0.15, -0.1) is 0 Å². The minimum absolute atomic E-state index is 0.416. The first kappa shape index (κ1) is 33.8. The van der Waals surface area contributed by atoms with Gasteiger partial charge in [0, 0.05) is 22.6 Å². The Kier molecular flexibility index (Phi) is 11.8. The fourth-order valence-electron chi connectivity index (χ4n) is 7.00. The third kappa shape index (κ3) is 6.79. The summed E-state index contributed by atoms with van der Waals surface area (Å²) in [4.78, 5) is 0. The molecular weight excluding hydrogens is 542 g/mol. The monoisotopic (exact) mass is 595 g/mol. The zero-order valence-electron chi connectivity index (χ0n) is 29.0. The van der Waals surface area contributed by atoms with Crippen LogP contribution in [0.15, 0.2) is 126 Å².